The number of imidazole rings is 1. The summed E-state index contributed by atoms with van der Waals surface area (Å²) in [7, 11) is 1.92. The lowest BCUT2D eigenvalue weighted by Crippen LogP contribution is -1.91. The summed E-state index contributed by atoms with van der Waals surface area (Å²) < 4.78 is 7.53. The SMILES string of the molecule is Cc1ccc(-c2nc3ccc(C#N)cc3n2C)o1. The maximum atomic E-state index is 8.92. The highest BCUT2D eigenvalue weighted by Gasteiger charge is 2.12. The topological polar surface area (TPSA) is 54.8 Å². The van der Waals surface area contributed by atoms with Gasteiger partial charge in [0.05, 0.1) is 22.7 Å². The Labute approximate surface area is 104 Å². The molecule has 0 aliphatic rings. The minimum atomic E-state index is 0.632. The van der Waals surface area contributed by atoms with E-state index in [-0.39, 0.29) is 0 Å². The molecule has 0 radical (unpaired) electrons. The van der Waals surface area contributed by atoms with Crippen LogP contribution < -0.4 is 0 Å². The van der Waals surface area contributed by atoms with Crippen molar-refractivity contribution in [2.45, 2.75) is 6.92 Å². The lowest BCUT2D eigenvalue weighted by molar-refractivity contribution is 0.542. The van der Waals surface area contributed by atoms with Crippen molar-refractivity contribution in [1.29, 1.82) is 5.26 Å². The predicted octanol–water partition coefficient (Wildman–Crippen LogP) is 3.01. The molecular formula is C14H11N3O. The van der Waals surface area contributed by atoms with Gasteiger partial charge in [0, 0.05) is 7.05 Å². The number of rotatable bonds is 1. The van der Waals surface area contributed by atoms with E-state index >= 15 is 0 Å². The van der Waals surface area contributed by atoms with Crippen molar-refractivity contribution < 1.29 is 4.42 Å². The molecule has 0 bridgehead atoms. The summed E-state index contributed by atoms with van der Waals surface area (Å²) in [5, 5.41) is 8.92. The van der Waals surface area contributed by atoms with Gasteiger partial charge in [-0.2, -0.15) is 5.26 Å². The van der Waals surface area contributed by atoms with Crippen LogP contribution in [0.15, 0.2) is 34.7 Å². The quantitative estimate of drug-likeness (QED) is 0.653. The molecule has 2 heterocycles. The van der Waals surface area contributed by atoms with Crippen molar-refractivity contribution in [3.05, 3.63) is 41.7 Å². The van der Waals surface area contributed by atoms with E-state index in [1.807, 2.05) is 42.8 Å². The Morgan fingerprint density at radius 3 is 2.78 bits per heavy atom. The van der Waals surface area contributed by atoms with E-state index in [4.69, 9.17) is 9.68 Å². The smallest absolute Gasteiger partial charge is 0.176 e. The third-order valence-electron chi connectivity index (χ3n) is 2.97. The second-order valence-corrected chi connectivity index (χ2v) is 4.22. The fourth-order valence-corrected chi connectivity index (χ4v) is 2.03. The van der Waals surface area contributed by atoms with E-state index in [0.29, 0.717) is 5.56 Å². The molecule has 0 aliphatic heterocycles. The number of aryl methyl sites for hydroxylation is 2. The molecule has 3 rings (SSSR count). The van der Waals surface area contributed by atoms with Gasteiger partial charge in [0.1, 0.15) is 5.76 Å². The van der Waals surface area contributed by atoms with Gasteiger partial charge < -0.3 is 8.98 Å². The number of benzene rings is 1. The third kappa shape index (κ3) is 1.49. The molecule has 88 valence electrons. The molecule has 0 saturated carbocycles. The van der Waals surface area contributed by atoms with Gasteiger partial charge in [-0.25, -0.2) is 4.98 Å². The van der Waals surface area contributed by atoms with Gasteiger partial charge in [-0.05, 0) is 37.3 Å². The zero-order valence-corrected chi connectivity index (χ0v) is 10.1. The number of hydrogen-bond acceptors (Lipinski definition) is 3. The first kappa shape index (κ1) is 10.6. The number of hydrogen-bond donors (Lipinski definition) is 0. The molecule has 0 saturated heterocycles. The lowest BCUT2D eigenvalue weighted by atomic mass is 10.2. The molecular weight excluding hydrogens is 226 g/mol. The summed E-state index contributed by atoms with van der Waals surface area (Å²) in [6.07, 6.45) is 0. The van der Waals surface area contributed by atoms with Crippen LogP contribution in [-0.4, -0.2) is 9.55 Å². The minimum absolute atomic E-state index is 0.632. The molecule has 3 aromatic rings. The lowest BCUT2D eigenvalue weighted by Gasteiger charge is -1.98. The average molecular weight is 237 g/mol. The van der Waals surface area contributed by atoms with Crippen molar-refractivity contribution in [2.24, 2.45) is 7.05 Å². The first-order chi connectivity index (χ1) is 8.69. The van der Waals surface area contributed by atoms with Crippen LogP contribution in [-0.2, 0) is 7.05 Å². The largest absolute Gasteiger partial charge is 0.458 e. The summed E-state index contributed by atoms with van der Waals surface area (Å²) in [5.41, 5.74) is 2.42. The highest BCUT2D eigenvalue weighted by molar-refractivity contribution is 5.81. The molecule has 0 amide bonds. The second kappa shape index (κ2) is 3.74. The van der Waals surface area contributed by atoms with Gasteiger partial charge in [0.25, 0.3) is 0 Å². The normalized spacial score (nSPS) is 10.7. The molecule has 2 aromatic heterocycles. The molecule has 18 heavy (non-hydrogen) atoms. The first-order valence-electron chi connectivity index (χ1n) is 5.62. The molecule has 0 N–H and O–H groups in total. The summed E-state index contributed by atoms with van der Waals surface area (Å²) in [5.74, 6) is 2.37. The molecule has 4 heteroatoms. The number of nitriles is 1. The fraction of sp³-hybridized carbons (Fsp3) is 0.143. The van der Waals surface area contributed by atoms with Crippen molar-refractivity contribution in [3.8, 4) is 17.7 Å². The Morgan fingerprint density at radius 1 is 1.28 bits per heavy atom. The van der Waals surface area contributed by atoms with E-state index in [0.717, 1.165) is 28.4 Å². The van der Waals surface area contributed by atoms with Crippen LogP contribution in [0, 0.1) is 18.3 Å². The number of furan rings is 1. The maximum absolute atomic E-state index is 8.92. The molecule has 0 unspecified atom stereocenters. The Kier molecular flexibility index (Phi) is 2.20. The monoisotopic (exact) mass is 237 g/mol. The van der Waals surface area contributed by atoms with Crippen molar-refractivity contribution in [2.75, 3.05) is 0 Å². The van der Waals surface area contributed by atoms with Crippen LogP contribution in [0.4, 0.5) is 0 Å². The molecule has 1 aromatic carbocycles. The zero-order chi connectivity index (χ0) is 12.7. The highest BCUT2D eigenvalue weighted by Crippen LogP contribution is 2.25. The number of nitrogens with zero attached hydrogens (tertiary/aromatic N) is 3. The molecule has 0 spiro atoms. The van der Waals surface area contributed by atoms with Gasteiger partial charge in [-0.15, -0.1) is 0 Å². The summed E-state index contributed by atoms with van der Waals surface area (Å²) in [4.78, 5) is 4.53. The van der Waals surface area contributed by atoms with Crippen molar-refractivity contribution in [3.63, 3.8) is 0 Å². The summed E-state index contributed by atoms with van der Waals surface area (Å²) >= 11 is 0. The van der Waals surface area contributed by atoms with Crippen LogP contribution in [0.25, 0.3) is 22.6 Å². The van der Waals surface area contributed by atoms with E-state index in [2.05, 4.69) is 11.1 Å². The third-order valence-corrected chi connectivity index (χ3v) is 2.97. The van der Waals surface area contributed by atoms with Crippen LogP contribution >= 0.6 is 0 Å². The molecule has 0 atom stereocenters. The van der Waals surface area contributed by atoms with Crippen LogP contribution in [0.2, 0.25) is 0 Å². The van der Waals surface area contributed by atoms with Crippen molar-refractivity contribution in [1.82, 2.24) is 9.55 Å². The number of fused-ring (bicyclic) bond motifs is 1. The average Bonchev–Trinajstić information content (AvgIpc) is 2.94. The van der Waals surface area contributed by atoms with E-state index in [9.17, 15) is 0 Å². The van der Waals surface area contributed by atoms with Gasteiger partial charge in [-0.3, -0.25) is 0 Å². The Hall–Kier alpha value is -2.54. The molecule has 0 fully saturated rings. The van der Waals surface area contributed by atoms with E-state index in [1.54, 1.807) is 6.07 Å². The van der Waals surface area contributed by atoms with E-state index < -0.39 is 0 Å². The second-order valence-electron chi connectivity index (χ2n) is 4.22. The first-order valence-corrected chi connectivity index (χ1v) is 5.62. The summed E-state index contributed by atoms with van der Waals surface area (Å²) in [6.45, 7) is 1.90. The van der Waals surface area contributed by atoms with Gasteiger partial charge in [0.2, 0.25) is 0 Å². The Morgan fingerprint density at radius 2 is 2.11 bits per heavy atom. The highest BCUT2D eigenvalue weighted by atomic mass is 16.3. The van der Waals surface area contributed by atoms with E-state index in [1.165, 1.54) is 0 Å². The van der Waals surface area contributed by atoms with Crippen LogP contribution in [0.5, 0.6) is 0 Å². The predicted molar refractivity (Wildman–Crippen MR) is 67.9 cm³/mol. The number of aromatic nitrogens is 2. The van der Waals surface area contributed by atoms with Crippen molar-refractivity contribution >= 4 is 11.0 Å². The van der Waals surface area contributed by atoms with Crippen LogP contribution in [0.1, 0.15) is 11.3 Å². The van der Waals surface area contributed by atoms with Gasteiger partial charge in [0.15, 0.2) is 11.6 Å². The molecule has 4 nitrogen and oxygen atoms in total. The Bertz CT molecular complexity index is 774. The standard InChI is InChI=1S/C14H11N3O/c1-9-3-6-13(18-9)14-16-11-5-4-10(8-15)7-12(11)17(14)2/h3-7H,1-2H3. The Balaban J connectivity index is 2.26. The maximum Gasteiger partial charge on any atom is 0.176 e. The van der Waals surface area contributed by atoms with Gasteiger partial charge in [-0.1, -0.05) is 0 Å². The van der Waals surface area contributed by atoms with Crippen LogP contribution in [0.3, 0.4) is 0 Å². The fourth-order valence-electron chi connectivity index (χ4n) is 2.03. The van der Waals surface area contributed by atoms with Gasteiger partial charge >= 0.3 is 0 Å². The zero-order valence-electron chi connectivity index (χ0n) is 10.1. The summed E-state index contributed by atoms with van der Waals surface area (Å²) in [6, 6.07) is 11.4. The molecule has 0 aliphatic carbocycles. The minimum Gasteiger partial charge on any atom is -0.458 e.